The van der Waals surface area contributed by atoms with E-state index in [1.54, 1.807) is 0 Å². The van der Waals surface area contributed by atoms with Crippen molar-refractivity contribution in [3.05, 3.63) is 215 Å². The molecule has 6 saturated heterocycles. The molecule has 0 bridgehead atoms. The highest BCUT2D eigenvalue weighted by Crippen LogP contribution is 2.23. The van der Waals surface area contributed by atoms with Gasteiger partial charge in [0.15, 0.2) is 0 Å². The third-order valence-electron chi connectivity index (χ3n) is 17.8. The highest BCUT2D eigenvalue weighted by molar-refractivity contribution is 5.18. The Kier molecular flexibility index (Phi) is 33.4. The SMILES string of the molecule is C.CC1CCCCN1Cc1ccccc1.CC1CCCN(Cc2ccccc2)C1.CC1CCN(Cc2ccccc2)CC1.CCC1CCCCN1Cc1ccccc1.c1ccc(CN2CCCCC2)cc1.c1ccc(CN2CCOCC2)cc1. The van der Waals surface area contributed by atoms with Crippen molar-refractivity contribution in [2.24, 2.45) is 11.8 Å². The van der Waals surface area contributed by atoms with Gasteiger partial charge in [-0.05, 0) is 169 Å². The van der Waals surface area contributed by atoms with Crippen molar-refractivity contribution in [2.75, 3.05) is 78.7 Å². The first-order chi connectivity index (χ1) is 40.8. The second-order valence-electron chi connectivity index (χ2n) is 24.9. The van der Waals surface area contributed by atoms with E-state index in [0.717, 1.165) is 89.5 Å². The van der Waals surface area contributed by atoms with Crippen LogP contribution in [0.25, 0.3) is 0 Å². The van der Waals surface area contributed by atoms with Gasteiger partial charge in [0, 0.05) is 71.0 Å². The minimum Gasteiger partial charge on any atom is -0.379 e. The van der Waals surface area contributed by atoms with Crippen LogP contribution in [0.1, 0.15) is 158 Å². The van der Waals surface area contributed by atoms with E-state index in [-0.39, 0.29) is 7.43 Å². The largest absolute Gasteiger partial charge is 0.379 e. The van der Waals surface area contributed by atoms with Crippen molar-refractivity contribution in [1.82, 2.24) is 29.4 Å². The zero-order valence-corrected chi connectivity index (χ0v) is 52.3. The van der Waals surface area contributed by atoms with Crippen LogP contribution >= 0.6 is 0 Å². The summed E-state index contributed by atoms with van der Waals surface area (Å²) in [5.74, 6) is 1.81. The Labute approximate surface area is 513 Å². The van der Waals surface area contributed by atoms with Gasteiger partial charge in [-0.3, -0.25) is 29.4 Å². The molecule has 6 heterocycles. The summed E-state index contributed by atoms with van der Waals surface area (Å²) >= 11 is 0. The molecule has 7 nitrogen and oxygen atoms in total. The zero-order valence-electron chi connectivity index (χ0n) is 52.3. The summed E-state index contributed by atoms with van der Waals surface area (Å²) in [5, 5.41) is 0. The molecule has 0 aliphatic carbocycles. The van der Waals surface area contributed by atoms with E-state index in [9.17, 15) is 0 Å². The number of morpholine rings is 1. The molecule has 6 aromatic carbocycles. The van der Waals surface area contributed by atoms with Gasteiger partial charge in [0.05, 0.1) is 13.2 Å². The second kappa shape index (κ2) is 41.2. The Morgan fingerprint density at radius 3 is 1.11 bits per heavy atom. The minimum atomic E-state index is 0. The molecule has 6 aromatic rings. The lowest BCUT2D eigenvalue weighted by atomic mass is 9.99. The second-order valence-corrected chi connectivity index (χ2v) is 24.9. The predicted octanol–water partition coefficient (Wildman–Crippen LogP) is 17.2. The summed E-state index contributed by atoms with van der Waals surface area (Å²) in [6.45, 7) is 30.2. The van der Waals surface area contributed by atoms with Crippen LogP contribution in [0.3, 0.4) is 0 Å². The van der Waals surface area contributed by atoms with Gasteiger partial charge >= 0.3 is 0 Å². The van der Waals surface area contributed by atoms with Gasteiger partial charge in [0.25, 0.3) is 0 Å². The first-order valence-electron chi connectivity index (χ1n) is 33.0. The molecule has 12 rings (SSSR count). The predicted molar refractivity (Wildman–Crippen MR) is 360 cm³/mol. The van der Waals surface area contributed by atoms with Crippen LogP contribution in [-0.4, -0.2) is 120 Å². The molecule has 3 unspecified atom stereocenters. The van der Waals surface area contributed by atoms with Crippen LogP contribution in [0.4, 0.5) is 0 Å². The Morgan fingerprint density at radius 2 is 0.679 bits per heavy atom. The quantitative estimate of drug-likeness (QED) is 0.114. The van der Waals surface area contributed by atoms with Crippen molar-refractivity contribution < 1.29 is 4.74 Å². The highest BCUT2D eigenvalue weighted by atomic mass is 16.5. The normalized spacial score (nSPS) is 21.1. The van der Waals surface area contributed by atoms with Crippen molar-refractivity contribution in [3.63, 3.8) is 0 Å². The van der Waals surface area contributed by atoms with Crippen molar-refractivity contribution in [1.29, 1.82) is 0 Å². The van der Waals surface area contributed by atoms with Crippen LogP contribution in [0, 0.1) is 11.8 Å². The number of ether oxygens (including phenoxy) is 1. The molecule has 458 valence electrons. The maximum absolute atomic E-state index is 5.30. The minimum absolute atomic E-state index is 0. The smallest absolute Gasteiger partial charge is 0.0594 e. The molecular weight excluding hydrogens is 1020 g/mol. The van der Waals surface area contributed by atoms with Crippen LogP contribution in [-0.2, 0) is 44.0 Å². The van der Waals surface area contributed by atoms with Crippen molar-refractivity contribution in [3.8, 4) is 0 Å². The number of rotatable bonds is 13. The van der Waals surface area contributed by atoms with Gasteiger partial charge in [-0.15, -0.1) is 0 Å². The number of piperidine rings is 5. The summed E-state index contributed by atoms with van der Waals surface area (Å²) < 4.78 is 5.30. The van der Waals surface area contributed by atoms with E-state index in [0.29, 0.717) is 0 Å². The third kappa shape index (κ3) is 27.6. The average Bonchev–Trinajstić information content (AvgIpc) is 3.59. The van der Waals surface area contributed by atoms with Crippen LogP contribution in [0.5, 0.6) is 0 Å². The Bertz CT molecular complexity index is 2410. The van der Waals surface area contributed by atoms with Gasteiger partial charge in [-0.1, -0.05) is 229 Å². The molecule has 6 aliphatic rings. The van der Waals surface area contributed by atoms with Gasteiger partial charge in [-0.2, -0.15) is 0 Å². The lowest BCUT2D eigenvalue weighted by molar-refractivity contribution is 0.0342. The molecule has 0 aromatic heterocycles. The lowest BCUT2D eigenvalue weighted by Crippen LogP contribution is -2.38. The average molecular weight is 1140 g/mol. The maximum Gasteiger partial charge on any atom is 0.0594 e. The van der Waals surface area contributed by atoms with Crippen LogP contribution < -0.4 is 0 Å². The van der Waals surface area contributed by atoms with Crippen molar-refractivity contribution in [2.45, 2.75) is 176 Å². The van der Waals surface area contributed by atoms with Crippen LogP contribution in [0.2, 0.25) is 0 Å². The number of nitrogens with zero attached hydrogens (tertiary/aromatic N) is 6. The highest BCUT2D eigenvalue weighted by Gasteiger charge is 2.21. The molecule has 0 spiro atoms. The van der Waals surface area contributed by atoms with E-state index in [2.05, 4.69) is 239 Å². The number of benzene rings is 6. The van der Waals surface area contributed by atoms with E-state index in [4.69, 9.17) is 4.74 Å². The van der Waals surface area contributed by atoms with Gasteiger partial charge in [0.2, 0.25) is 0 Å². The lowest BCUT2D eigenvalue weighted by Gasteiger charge is -2.35. The topological polar surface area (TPSA) is 28.7 Å². The molecule has 6 aliphatic heterocycles. The van der Waals surface area contributed by atoms with E-state index in [1.807, 2.05) is 0 Å². The molecule has 0 radical (unpaired) electrons. The Balaban J connectivity index is 0.000000161. The molecule has 0 saturated carbocycles. The fourth-order valence-electron chi connectivity index (χ4n) is 12.7. The first-order valence-corrected chi connectivity index (χ1v) is 33.0. The van der Waals surface area contributed by atoms with Crippen LogP contribution in [0.15, 0.2) is 182 Å². The number of hydrogen-bond donors (Lipinski definition) is 0. The van der Waals surface area contributed by atoms with Gasteiger partial charge < -0.3 is 4.74 Å². The molecule has 3 atom stereocenters. The monoisotopic (exact) mass is 1140 g/mol. The summed E-state index contributed by atoms with van der Waals surface area (Å²) in [5.41, 5.74) is 8.64. The fourth-order valence-corrected chi connectivity index (χ4v) is 12.7. The fraction of sp³-hybridized carbons (Fsp3) is 0.532. The van der Waals surface area contributed by atoms with Gasteiger partial charge in [-0.25, -0.2) is 0 Å². The molecular formula is C77H114N6O. The molecule has 84 heavy (non-hydrogen) atoms. The summed E-state index contributed by atoms with van der Waals surface area (Å²) in [4.78, 5) is 15.4. The zero-order chi connectivity index (χ0) is 57.8. The maximum atomic E-state index is 5.30. The Hall–Kier alpha value is -4.96. The molecule has 0 amide bonds. The third-order valence-corrected chi connectivity index (χ3v) is 17.8. The standard InChI is InChI=1S/C14H21N.3C13H19N.C12H17N.C11H15NO.CH4/c1-2-14-10-6-7-11-15(14)12-13-8-4-3-5-9-13;1-12-7-5-6-10-14(12)11-13-8-3-2-4-9-13;1-12-6-5-9-14(10-12)11-13-7-3-2-4-8-13;1-12-7-9-14(10-8-12)11-13-5-3-2-4-6-13;1-3-7-12(8-4-1)11-13-9-5-2-6-10-13;1-2-4-11(5-3-1)10-12-6-8-13-9-7-12;/h3-5,8-9,14H,2,6-7,10-12H2,1H3;2-4,8-9,12H,5-7,10-11H2,1H3;2-4,7-8,12H,5-6,9-11H2,1H3;2-6,12H,7-11H2,1H3;1,3-4,7-8H,2,5-6,9-11H2;1-5H,6-10H2;1H4. The molecule has 6 fully saturated rings. The summed E-state index contributed by atoms with van der Waals surface area (Å²) in [6, 6.07) is 66.2. The Morgan fingerprint density at radius 1 is 0.321 bits per heavy atom. The summed E-state index contributed by atoms with van der Waals surface area (Å²) in [7, 11) is 0. The summed E-state index contributed by atoms with van der Waals surface area (Å²) in [6.07, 6.45) is 19.3. The van der Waals surface area contributed by atoms with Crippen molar-refractivity contribution >= 4 is 0 Å². The van der Waals surface area contributed by atoms with E-state index < -0.39 is 0 Å². The number of hydrogen-bond acceptors (Lipinski definition) is 7. The van der Waals surface area contributed by atoms with E-state index in [1.165, 1.54) is 176 Å². The van der Waals surface area contributed by atoms with Gasteiger partial charge in [0.1, 0.15) is 0 Å². The number of likely N-dealkylation sites (tertiary alicyclic amines) is 5. The molecule has 0 N–H and O–H groups in total. The first kappa shape index (κ1) is 68.2. The van der Waals surface area contributed by atoms with E-state index >= 15 is 0 Å². The molecule has 7 heteroatoms.